The standard InChI is InChI=1S/C31H44N5O11P/c1-18(2)13-22(29(39)43-14-21-11-9-8-10-12-21)35-48(41,45-16-24(37)46-19(3)4)44-15-23-26(38)31(6,40)30(47-23)36-17-32-25-27(36)33-20(5)34-28(25)42-7/h8-12,17-19,22-23,26,30,38,40H,13-16H2,1-7H3,(H,35,41)/t22-,23+,26?,30+,31-,48?/m0/s1. The van der Waals surface area contributed by atoms with Crippen LogP contribution in [0.4, 0.5) is 0 Å². The van der Waals surface area contributed by atoms with Crippen molar-refractivity contribution in [2.45, 2.75) is 90.8 Å². The number of ether oxygens (including phenoxy) is 4. The molecule has 17 heteroatoms. The molecule has 1 aliphatic rings. The first-order valence-electron chi connectivity index (χ1n) is 15.5. The van der Waals surface area contributed by atoms with Crippen molar-refractivity contribution in [3.05, 3.63) is 48.0 Å². The molecule has 1 aliphatic heterocycles. The maximum absolute atomic E-state index is 14.2. The first-order chi connectivity index (χ1) is 22.6. The van der Waals surface area contributed by atoms with Crippen LogP contribution in [-0.4, -0.2) is 91.9 Å². The number of benzene rings is 1. The van der Waals surface area contributed by atoms with Crippen LogP contribution in [0.15, 0.2) is 36.7 Å². The van der Waals surface area contributed by atoms with Gasteiger partial charge in [-0.15, -0.1) is 0 Å². The van der Waals surface area contributed by atoms with Crippen LogP contribution in [0.3, 0.4) is 0 Å². The maximum atomic E-state index is 14.2. The summed E-state index contributed by atoms with van der Waals surface area (Å²) in [4.78, 5) is 38.5. The fourth-order valence-electron chi connectivity index (χ4n) is 5.10. The van der Waals surface area contributed by atoms with Crippen LogP contribution in [0.25, 0.3) is 11.2 Å². The summed E-state index contributed by atoms with van der Waals surface area (Å²) in [6.45, 7) is 8.63. The predicted molar refractivity (Wildman–Crippen MR) is 171 cm³/mol. The minimum atomic E-state index is -4.52. The third-order valence-electron chi connectivity index (χ3n) is 7.36. The average molecular weight is 694 g/mol. The van der Waals surface area contributed by atoms with Gasteiger partial charge in [-0.05, 0) is 45.6 Å². The second-order valence-corrected chi connectivity index (χ2v) is 14.1. The quantitative estimate of drug-likeness (QED) is 0.146. The lowest BCUT2D eigenvalue weighted by atomic mass is 9.96. The summed E-state index contributed by atoms with van der Waals surface area (Å²) in [5, 5.41) is 25.2. The summed E-state index contributed by atoms with van der Waals surface area (Å²) in [7, 11) is -3.08. The van der Waals surface area contributed by atoms with E-state index in [0.717, 1.165) is 5.56 Å². The van der Waals surface area contributed by atoms with Crippen molar-refractivity contribution in [1.29, 1.82) is 0 Å². The Morgan fingerprint density at radius 3 is 2.50 bits per heavy atom. The van der Waals surface area contributed by atoms with Crippen molar-refractivity contribution in [3.63, 3.8) is 0 Å². The van der Waals surface area contributed by atoms with Gasteiger partial charge in [0.25, 0.3) is 0 Å². The zero-order valence-corrected chi connectivity index (χ0v) is 29.0. The number of aryl methyl sites for hydroxylation is 1. The average Bonchev–Trinajstić information content (AvgIpc) is 3.54. The lowest BCUT2D eigenvalue weighted by Gasteiger charge is -2.27. The van der Waals surface area contributed by atoms with Gasteiger partial charge >= 0.3 is 19.7 Å². The van der Waals surface area contributed by atoms with Crippen LogP contribution >= 0.6 is 7.75 Å². The highest BCUT2D eigenvalue weighted by Crippen LogP contribution is 2.47. The van der Waals surface area contributed by atoms with E-state index < -0.39 is 69.1 Å². The molecule has 3 aromatic rings. The fourth-order valence-corrected chi connectivity index (χ4v) is 6.53. The van der Waals surface area contributed by atoms with Crippen LogP contribution in [0.5, 0.6) is 5.88 Å². The highest BCUT2D eigenvalue weighted by atomic mass is 31.2. The number of esters is 2. The smallest absolute Gasteiger partial charge is 0.406 e. The van der Waals surface area contributed by atoms with Crippen LogP contribution < -0.4 is 9.82 Å². The van der Waals surface area contributed by atoms with Crippen molar-refractivity contribution in [2.75, 3.05) is 20.3 Å². The molecule has 16 nitrogen and oxygen atoms in total. The molecule has 0 amide bonds. The van der Waals surface area contributed by atoms with Gasteiger partial charge in [-0.25, -0.2) is 24.4 Å². The number of nitrogens with zero attached hydrogens (tertiary/aromatic N) is 4. The predicted octanol–water partition coefficient (Wildman–Crippen LogP) is 2.99. The number of hydrogen-bond acceptors (Lipinski definition) is 14. The highest BCUT2D eigenvalue weighted by Gasteiger charge is 2.54. The molecule has 2 unspecified atom stereocenters. The van der Waals surface area contributed by atoms with E-state index in [0.29, 0.717) is 11.3 Å². The Morgan fingerprint density at radius 1 is 1.15 bits per heavy atom. The topological polar surface area (TPSA) is 203 Å². The van der Waals surface area contributed by atoms with Gasteiger partial charge in [-0.3, -0.25) is 18.4 Å². The number of carbonyl (C=O) groups excluding carboxylic acids is 2. The minimum Gasteiger partial charge on any atom is -0.479 e. The molecule has 4 rings (SSSR count). The third-order valence-corrected chi connectivity index (χ3v) is 8.95. The maximum Gasteiger partial charge on any atom is 0.406 e. The minimum absolute atomic E-state index is 0.0273. The van der Waals surface area contributed by atoms with Gasteiger partial charge in [0, 0.05) is 0 Å². The van der Waals surface area contributed by atoms with Crippen molar-refractivity contribution in [3.8, 4) is 5.88 Å². The van der Waals surface area contributed by atoms with E-state index in [9.17, 15) is 24.4 Å². The number of imidazole rings is 1. The van der Waals surface area contributed by atoms with E-state index >= 15 is 0 Å². The molecule has 3 heterocycles. The Hall–Kier alpha value is -3.50. The molecule has 2 aromatic heterocycles. The van der Waals surface area contributed by atoms with Crippen LogP contribution in [0.1, 0.15) is 58.7 Å². The summed E-state index contributed by atoms with van der Waals surface area (Å²) in [6.07, 6.45) is -2.97. The monoisotopic (exact) mass is 693 g/mol. The molecule has 0 spiro atoms. The number of aromatic nitrogens is 4. The first kappa shape index (κ1) is 37.3. The van der Waals surface area contributed by atoms with E-state index in [2.05, 4.69) is 20.0 Å². The number of aliphatic hydroxyl groups is 2. The number of nitrogens with one attached hydrogen (secondary N) is 1. The number of rotatable bonds is 16. The molecule has 0 aliphatic carbocycles. The Bertz CT molecular complexity index is 1600. The molecule has 1 saturated heterocycles. The third kappa shape index (κ3) is 9.14. The van der Waals surface area contributed by atoms with Crippen molar-refractivity contribution >= 4 is 30.8 Å². The van der Waals surface area contributed by atoms with Crippen LogP contribution in [-0.2, 0) is 44.0 Å². The van der Waals surface area contributed by atoms with Crippen LogP contribution in [0.2, 0.25) is 0 Å². The Labute approximate surface area is 278 Å². The fraction of sp³-hybridized carbons (Fsp3) is 0.581. The highest BCUT2D eigenvalue weighted by molar-refractivity contribution is 7.51. The lowest BCUT2D eigenvalue weighted by Crippen LogP contribution is -2.44. The summed E-state index contributed by atoms with van der Waals surface area (Å²) < 4.78 is 48.7. The largest absolute Gasteiger partial charge is 0.479 e. The molecular weight excluding hydrogens is 649 g/mol. The molecule has 264 valence electrons. The number of hydrogen-bond donors (Lipinski definition) is 3. The number of carbonyl (C=O) groups is 2. The molecule has 1 fully saturated rings. The van der Waals surface area contributed by atoms with Gasteiger partial charge in [-0.1, -0.05) is 44.2 Å². The van der Waals surface area contributed by atoms with Crippen molar-refractivity contribution in [1.82, 2.24) is 24.6 Å². The second-order valence-electron chi connectivity index (χ2n) is 12.3. The molecule has 0 bridgehead atoms. The van der Waals surface area contributed by atoms with Crippen LogP contribution in [0, 0.1) is 12.8 Å². The van der Waals surface area contributed by atoms with E-state index in [1.807, 2.05) is 32.0 Å². The SMILES string of the molecule is COc1nc(C)nc2c1ncn2[C@@H]1O[C@H](COP(=O)(N[C@@H](CC(C)C)C(=O)OCc2ccccc2)OCC(=O)OC(C)C)C(O)[C@]1(C)O. The molecule has 48 heavy (non-hydrogen) atoms. The van der Waals surface area contributed by atoms with Gasteiger partial charge in [0.2, 0.25) is 5.88 Å². The second kappa shape index (κ2) is 15.8. The zero-order chi connectivity index (χ0) is 35.2. The van der Waals surface area contributed by atoms with E-state index in [4.69, 9.17) is 28.0 Å². The normalized spacial score (nSPS) is 22.9. The van der Waals surface area contributed by atoms with Gasteiger partial charge < -0.3 is 29.2 Å². The Morgan fingerprint density at radius 2 is 1.85 bits per heavy atom. The summed E-state index contributed by atoms with van der Waals surface area (Å²) in [5.74, 6) is -1.00. The molecule has 1 aromatic carbocycles. The molecule has 0 radical (unpaired) electrons. The van der Waals surface area contributed by atoms with Crippen molar-refractivity contribution in [2.24, 2.45) is 5.92 Å². The van der Waals surface area contributed by atoms with E-state index in [1.165, 1.54) is 24.9 Å². The summed E-state index contributed by atoms with van der Waals surface area (Å²) >= 11 is 0. The first-order valence-corrected chi connectivity index (χ1v) is 17.1. The Kier molecular flexibility index (Phi) is 12.3. The summed E-state index contributed by atoms with van der Waals surface area (Å²) in [5.41, 5.74) is -0.569. The van der Waals surface area contributed by atoms with Gasteiger partial charge in [0.1, 0.15) is 36.3 Å². The molecule has 6 atom stereocenters. The lowest BCUT2D eigenvalue weighted by molar-refractivity contribution is -0.150. The number of aliphatic hydroxyl groups excluding tert-OH is 1. The molecular formula is C31H44N5O11P. The van der Waals surface area contributed by atoms with Gasteiger partial charge in [0.05, 0.1) is 26.1 Å². The molecule has 0 saturated carbocycles. The number of methoxy groups -OCH3 is 1. The summed E-state index contributed by atoms with van der Waals surface area (Å²) in [6, 6.07) is 7.87. The van der Waals surface area contributed by atoms with E-state index in [-0.39, 0.29) is 30.5 Å². The molecule has 3 N–H and O–H groups in total. The van der Waals surface area contributed by atoms with Gasteiger partial charge in [0.15, 0.2) is 24.0 Å². The van der Waals surface area contributed by atoms with Crippen molar-refractivity contribution < 1.29 is 52.4 Å². The number of fused-ring (bicyclic) bond motifs is 1. The zero-order valence-electron chi connectivity index (χ0n) is 28.1. The Balaban J connectivity index is 1.55. The van der Waals surface area contributed by atoms with E-state index in [1.54, 1.807) is 32.9 Å². The van der Waals surface area contributed by atoms with Gasteiger partial charge in [-0.2, -0.15) is 4.98 Å².